The van der Waals surface area contributed by atoms with Crippen LogP contribution in [-0.2, 0) is 24.3 Å². The van der Waals surface area contributed by atoms with Crippen LogP contribution < -0.4 is 11.2 Å². The topological polar surface area (TPSA) is 160 Å². The van der Waals surface area contributed by atoms with Crippen LogP contribution in [0.5, 0.6) is 0 Å². The minimum atomic E-state index is -5.03. The Labute approximate surface area is 163 Å². The van der Waals surface area contributed by atoms with Gasteiger partial charge in [0, 0.05) is 17.3 Å². The number of hydrogen-bond acceptors (Lipinski definition) is 7. The lowest BCUT2D eigenvalue weighted by Gasteiger charge is -2.31. The molecule has 0 bridgehead atoms. The first-order chi connectivity index (χ1) is 13.7. The maximum atomic E-state index is 12.4. The van der Waals surface area contributed by atoms with E-state index in [1.54, 1.807) is 18.2 Å². The van der Waals surface area contributed by atoms with Gasteiger partial charge >= 0.3 is 18.8 Å². The Bertz CT molecular complexity index is 1080. The highest BCUT2D eigenvalue weighted by Crippen LogP contribution is 2.64. The second-order valence-corrected chi connectivity index (χ2v) is 8.56. The molecule has 11 nitrogen and oxygen atoms in total. The number of benzene rings is 1. The molecular weight excluding hydrogens is 407 g/mol. The number of ether oxygens (including phenoxy) is 3. The maximum absolute atomic E-state index is 12.4. The Morgan fingerprint density at radius 2 is 1.83 bits per heavy atom. The van der Waals surface area contributed by atoms with Crippen LogP contribution in [0.4, 0.5) is 0 Å². The number of aromatic nitrogens is 2. The SMILES string of the molecule is Cc1cn([C@@H]2O[C@H](CO)[C@H]3O[C@](c4ccccc4)(P(=O)(O)O)O[C@H]32)c(=O)[nH]c1=O. The van der Waals surface area contributed by atoms with E-state index in [1.165, 1.54) is 25.3 Å². The number of aryl methyl sites for hydroxylation is 1. The molecule has 29 heavy (non-hydrogen) atoms. The van der Waals surface area contributed by atoms with Crippen LogP contribution in [0.2, 0.25) is 0 Å². The Hall–Kier alpha value is -2.11. The molecular formula is C17H19N2O9P. The molecule has 1 aromatic carbocycles. The van der Waals surface area contributed by atoms with Crippen molar-refractivity contribution in [2.45, 2.75) is 37.0 Å². The lowest BCUT2D eigenvalue weighted by atomic mass is 10.1. The van der Waals surface area contributed by atoms with E-state index in [4.69, 9.17) is 14.2 Å². The quantitative estimate of drug-likeness (QED) is 0.473. The molecule has 0 radical (unpaired) electrons. The molecule has 12 heteroatoms. The third-order valence-electron chi connectivity index (χ3n) is 5.00. The zero-order chi connectivity index (χ0) is 21.0. The second-order valence-electron chi connectivity index (χ2n) is 6.88. The molecule has 0 unspecified atom stereocenters. The molecule has 0 spiro atoms. The predicted molar refractivity (Wildman–Crippen MR) is 97.0 cm³/mol. The fourth-order valence-electron chi connectivity index (χ4n) is 3.61. The highest BCUT2D eigenvalue weighted by molar-refractivity contribution is 7.52. The molecule has 0 amide bonds. The number of hydrogen-bond donors (Lipinski definition) is 4. The van der Waals surface area contributed by atoms with Crippen LogP contribution in [0.15, 0.2) is 46.1 Å². The van der Waals surface area contributed by atoms with E-state index in [-0.39, 0.29) is 11.1 Å². The molecule has 3 heterocycles. The van der Waals surface area contributed by atoms with Crippen molar-refractivity contribution in [2.75, 3.05) is 6.61 Å². The number of fused-ring (bicyclic) bond motifs is 1. The minimum absolute atomic E-state index is 0.0863. The molecule has 4 N–H and O–H groups in total. The third kappa shape index (κ3) is 3.11. The fourth-order valence-corrected chi connectivity index (χ4v) is 4.61. The molecule has 0 saturated carbocycles. The van der Waals surface area contributed by atoms with Crippen molar-refractivity contribution in [3.8, 4) is 0 Å². The average Bonchev–Trinajstić information content (AvgIpc) is 3.22. The minimum Gasteiger partial charge on any atom is -0.394 e. The third-order valence-corrected chi connectivity index (χ3v) is 6.24. The van der Waals surface area contributed by atoms with Gasteiger partial charge in [-0.05, 0) is 6.92 Å². The van der Waals surface area contributed by atoms with Crippen molar-refractivity contribution in [1.29, 1.82) is 0 Å². The van der Waals surface area contributed by atoms with E-state index >= 15 is 0 Å². The van der Waals surface area contributed by atoms with Gasteiger partial charge in [-0.15, -0.1) is 0 Å². The zero-order valence-corrected chi connectivity index (χ0v) is 16.1. The zero-order valence-electron chi connectivity index (χ0n) is 15.2. The lowest BCUT2D eigenvalue weighted by Crippen LogP contribution is -2.38. The van der Waals surface area contributed by atoms with Crippen LogP contribution in [0.25, 0.3) is 0 Å². The molecule has 156 valence electrons. The van der Waals surface area contributed by atoms with Crippen LogP contribution >= 0.6 is 7.60 Å². The molecule has 2 fully saturated rings. The number of rotatable bonds is 4. The number of aliphatic hydroxyl groups is 1. The summed E-state index contributed by atoms with van der Waals surface area (Å²) in [6.07, 6.45) is -3.15. The standard InChI is InChI=1S/C17H19N2O9P/c1-9-7-19(16(22)18-14(9)21)15-13-12(11(8-20)26-15)27-17(28-13,29(23,24)25)10-5-3-2-4-6-10/h2-7,11-13,15,20H,8H2,1H3,(H,18,21,22)(H2,23,24,25)/t11-,12-,13-,15-,17+/m1/s1. The average molecular weight is 426 g/mol. The normalized spacial score (nSPS) is 31.7. The Morgan fingerprint density at radius 3 is 2.45 bits per heavy atom. The summed E-state index contributed by atoms with van der Waals surface area (Å²) in [5.41, 5.74) is -3.47. The Morgan fingerprint density at radius 1 is 1.17 bits per heavy atom. The van der Waals surface area contributed by atoms with Crippen molar-refractivity contribution in [3.05, 3.63) is 68.5 Å². The summed E-state index contributed by atoms with van der Waals surface area (Å²) in [5.74, 6) is 0. The summed E-state index contributed by atoms with van der Waals surface area (Å²) < 4.78 is 30.6. The van der Waals surface area contributed by atoms with E-state index in [0.29, 0.717) is 0 Å². The van der Waals surface area contributed by atoms with Gasteiger partial charge in [-0.25, -0.2) is 4.79 Å². The molecule has 2 aliphatic heterocycles. The molecule has 0 aliphatic carbocycles. The Kier molecular flexibility index (Phi) is 4.87. The molecule has 1 aromatic heterocycles. The van der Waals surface area contributed by atoms with Gasteiger partial charge in [0.15, 0.2) is 6.23 Å². The largest absolute Gasteiger partial charge is 0.394 e. The lowest BCUT2D eigenvalue weighted by molar-refractivity contribution is -0.189. The first kappa shape index (κ1) is 20.2. The first-order valence-electron chi connectivity index (χ1n) is 8.73. The molecule has 2 aromatic rings. The smallest absolute Gasteiger partial charge is 0.389 e. The van der Waals surface area contributed by atoms with E-state index < -0.39 is 55.5 Å². The van der Waals surface area contributed by atoms with Gasteiger partial charge < -0.3 is 29.1 Å². The van der Waals surface area contributed by atoms with Crippen molar-refractivity contribution in [1.82, 2.24) is 9.55 Å². The van der Waals surface area contributed by atoms with E-state index in [1.807, 2.05) is 0 Å². The molecule has 5 atom stereocenters. The van der Waals surface area contributed by atoms with Crippen molar-refractivity contribution >= 4 is 7.60 Å². The summed E-state index contributed by atoms with van der Waals surface area (Å²) in [6.45, 7) is 0.949. The van der Waals surface area contributed by atoms with Crippen molar-refractivity contribution < 1.29 is 33.7 Å². The number of aromatic amines is 1. The number of aliphatic hydroxyl groups excluding tert-OH is 1. The second kappa shape index (κ2) is 6.99. The maximum Gasteiger partial charge on any atom is 0.389 e. The van der Waals surface area contributed by atoms with E-state index in [0.717, 1.165) is 4.57 Å². The monoisotopic (exact) mass is 426 g/mol. The number of nitrogens with zero attached hydrogens (tertiary/aromatic N) is 1. The van der Waals surface area contributed by atoms with Crippen LogP contribution in [0.3, 0.4) is 0 Å². The highest BCUT2D eigenvalue weighted by atomic mass is 31.2. The van der Waals surface area contributed by atoms with Gasteiger partial charge in [0.2, 0.25) is 0 Å². The van der Waals surface area contributed by atoms with E-state index in [2.05, 4.69) is 4.98 Å². The molecule has 2 saturated heterocycles. The van der Waals surface area contributed by atoms with Gasteiger partial charge in [-0.3, -0.25) is 18.9 Å². The van der Waals surface area contributed by atoms with Gasteiger partial charge in [-0.1, -0.05) is 30.3 Å². The molecule has 4 rings (SSSR count). The van der Waals surface area contributed by atoms with Crippen molar-refractivity contribution in [3.63, 3.8) is 0 Å². The van der Waals surface area contributed by atoms with Gasteiger partial charge in [-0.2, -0.15) is 0 Å². The summed E-state index contributed by atoms with van der Waals surface area (Å²) in [6, 6.07) is 7.69. The first-order valence-corrected chi connectivity index (χ1v) is 10.3. The van der Waals surface area contributed by atoms with Gasteiger partial charge in [0.25, 0.3) is 5.56 Å². The summed E-state index contributed by atoms with van der Waals surface area (Å²) in [4.78, 5) is 46.2. The summed E-state index contributed by atoms with van der Waals surface area (Å²) in [7, 11) is -5.03. The fraction of sp³-hybridized carbons (Fsp3) is 0.412. The molecule has 2 aliphatic rings. The highest BCUT2D eigenvalue weighted by Gasteiger charge is 2.66. The van der Waals surface area contributed by atoms with Gasteiger partial charge in [0.1, 0.15) is 18.3 Å². The summed E-state index contributed by atoms with van der Waals surface area (Å²) in [5, 5.41) is 9.69. The van der Waals surface area contributed by atoms with Gasteiger partial charge in [0.05, 0.1) is 6.61 Å². The summed E-state index contributed by atoms with van der Waals surface area (Å²) >= 11 is 0. The van der Waals surface area contributed by atoms with Crippen LogP contribution in [0, 0.1) is 6.92 Å². The van der Waals surface area contributed by atoms with Crippen LogP contribution in [0.1, 0.15) is 17.4 Å². The number of nitrogens with one attached hydrogen (secondary N) is 1. The Balaban J connectivity index is 1.82. The van der Waals surface area contributed by atoms with Crippen LogP contribution in [-0.4, -0.2) is 49.4 Å². The predicted octanol–water partition coefficient (Wildman–Crippen LogP) is -0.493. The van der Waals surface area contributed by atoms with E-state index in [9.17, 15) is 29.0 Å². The van der Waals surface area contributed by atoms with Crippen molar-refractivity contribution in [2.24, 2.45) is 0 Å². The number of H-pyrrole nitrogens is 1.